The maximum Gasteiger partial charge on any atom is 0.169 e. The molecule has 0 amide bonds. The molecule has 0 spiro atoms. The van der Waals surface area contributed by atoms with E-state index in [1.165, 1.54) is 12.8 Å². The number of carbonyl (C=O) groups is 1. The molecular weight excluding hydrogens is 194 g/mol. The molecule has 2 aliphatic rings. The van der Waals surface area contributed by atoms with Crippen molar-refractivity contribution in [3.8, 4) is 0 Å². The molecule has 0 aromatic carbocycles. The molecule has 2 aliphatic heterocycles. The molecule has 0 aliphatic carbocycles. The van der Waals surface area contributed by atoms with Gasteiger partial charge in [-0.3, -0.25) is 4.79 Å². The lowest BCUT2D eigenvalue weighted by molar-refractivity contribution is -0.113. The van der Waals surface area contributed by atoms with Gasteiger partial charge >= 0.3 is 0 Å². The number of allylic oxidation sites excluding steroid dienone is 1. The summed E-state index contributed by atoms with van der Waals surface area (Å²) in [6.07, 6.45) is 8.82. The van der Waals surface area contributed by atoms with Gasteiger partial charge in [-0.15, -0.1) is 0 Å². The Morgan fingerprint density at radius 2 is 2.43 bits per heavy atom. The van der Waals surface area contributed by atoms with Crippen LogP contribution in [0.15, 0.2) is 11.6 Å². The van der Waals surface area contributed by atoms with Crippen molar-refractivity contribution in [3.63, 3.8) is 0 Å². The molecule has 2 nitrogen and oxygen atoms in total. The smallest absolute Gasteiger partial charge is 0.169 e. The second kappa shape index (κ2) is 4.49. The lowest BCUT2D eigenvalue weighted by Crippen LogP contribution is -2.31. The van der Waals surface area contributed by atoms with Crippen molar-refractivity contribution in [2.75, 3.05) is 12.0 Å². The maximum atomic E-state index is 11.8. The number of ketones is 1. The lowest BCUT2D eigenvalue weighted by Gasteiger charge is -2.13. The Kier molecular flexibility index (Phi) is 3.29. The van der Waals surface area contributed by atoms with E-state index in [1.807, 2.05) is 6.26 Å². The molecule has 1 fully saturated rings. The highest BCUT2D eigenvalue weighted by atomic mass is 32.2. The van der Waals surface area contributed by atoms with Gasteiger partial charge in [0.1, 0.15) is 0 Å². The number of hydrogen-bond donors (Lipinski definition) is 1. The predicted octanol–water partition coefficient (Wildman–Crippen LogP) is 1.76. The average molecular weight is 211 g/mol. The van der Waals surface area contributed by atoms with Crippen molar-refractivity contribution in [1.82, 2.24) is 5.32 Å². The van der Waals surface area contributed by atoms with E-state index in [-0.39, 0.29) is 0 Å². The zero-order valence-electron chi connectivity index (χ0n) is 8.58. The Morgan fingerprint density at radius 1 is 1.57 bits per heavy atom. The number of fused-ring (bicyclic) bond motifs is 2. The molecular formula is C11H17NOS. The first-order chi connectivity index (χ1) is 6.81. The third-order valence-corrected chi connectivity index (χ3v) is 3.64. The molecule has 0 saturated carbocycles. The molecule has 2 heterocycles. The van der Waals surface area contributed by atoms with Gasteiger partial charge in [-0.2, -0.15) is 11.8 Å². The van der Waals surface area contributed by atoms with Gasteiger partial charge in [-0.05, 0) is 31.9 Å². The van der Waals surface area contributed by atoms with Gasteiger partial charge in [-0.25, -0.2) is 0 Å². The number of nitrogens with one attached hydrogen (secondary N) is 1. The summed E-state index contributed by atoms with van der Waals surface area (Å²) in [5.74, 6) is 0.965. The largest absolute Gasteiger partial charge is 0.307 e. The second-order valence-corrected chi connectivity index (χ2v) is 4.95. The first-order valence-corrected chi connectivity index (χ1v) is 6.69. The molecule has 0 aromatic rings. The van der Waals surface area contributed by atoms with Gasteiger partial charge in [0, 0.05) is 17.7 Å². The van der Waals surface area contributed by atoms with Crippen LogP contribution >= 0.6 is 11.8 Å². The van der Waals surface area contributed by atoms with Crippen molar-refractivity contribution in [2.45, 2.75) is 37.8 Å². The number of Topliss-reactive ketones (excluding diaryl/α,β-unsaturated/α-hetero) is 1. The van der Waals surface area contributed by atoms with Crippen LogP contribution in [0, 0.1) is 0 Å². The minimum Gasteiger partial charge on any atom is -0.307 e. The van der Waals surface area contributed by atoms with Crippen LogP contribution in [0.1, 0.15) is 25.7 Å². The molecule has 2 atom stereocenters. The second-order valence-electron chi connectivity index (χ2n) is 4.09. The summed E-state index contributed by atoms with van der Waals surface area (Å²) in [6.45, 7) is 0. The first-order valence-electron chi connectivity index (χ1n) is 5.29. The van der Waals surface area contributed by atoms with Gasteiger partial charge in [-0.1, -0.05) is 6.08 Å². The van der Waals surface area contributed by atoms with Gasteiger partial charge in [0.15, 0.2) is 5.78 Å². The molecule has 0 aromatic heterocycles. The highest BCUT2D eigenvalue weighted by molar-refractivity contribution is 7.99. The van der Waals surface area contributed by atoms with Crippen LogP contribution in [0.25, 0.3) is 0 Å². The van der Waals surface area contributed by atoms with Gasteiger partial charge < -0.3 is 5.32 Å². The van der Waals surface area contributed by atoms with Gasteiger partial charge in [0.05, 0.1) is 5.75 Å². The summed E-state index contributed by atoms with van der Waals surface area (Å²) < 4.78 is 0. The summed E-state index contributed by atoms with van der Waals surface area (Å²) in [6, 6.07) is 1.03. The number of carbonyl (C=O) groups excluding carboxylic acids is 1. The van der Waals surface area contributed by atoms with Crippen molar-refractivity contribution >= 4 is 17.5 Å². The van der Waals surface area contributed by atoms with Crippen molar-refractivity contribution in [2.24, 2.45) is 0 Å². The Balaban J connectivity index is 2.08. The zero-order valence-corrected chi connectivity index (χ0v) is 9.40. The number of thioether (sulfide) groups is 1. The minimum absolute atomic E-state index is 0.331. The molecule has 78 valence electrons. The Morgan fingerprint density at radius 3 is 3.21 bits per heavy atom. The third-order valence-electron chi connectivity index (χ3n) is 3.09. The normalized spacial score (nSPS) is 31.1. The highest BCUT2D eigenvalue weighted by Crippen LogP contribution is 2.26. The number of rotatable bonds is 3. The molecule has 2 rings (SSSR count). The highest BCUT2D eigenvalue weighted by Gasteiger charge is 2.30. The lowest BCUT2D eigenvalue weighted by atomic mass is 9.97. The molecule has 1 N–H and O–H groups in total. The molecule has 1 saturated heterocycles. The van der Waals surface area contributed by atoms with E-state index in [0.717, 1.165) is 18.4 Å². The van der Waals surface area contributed by atoms with Crippen LogP contribution in [-0.2, 0) is 4.79 Å². The number of hydrogen-bond acceptors (Lipinski definition) is 3. The maximum absolute atomic E-state index is 11.8. The summed E-state index contributed by atoms with van der Waals surface area (Å²) in [5, 5.41) is 3.54. The van der Waals surface area contributed by atoms with E-state index in [1.54, 1.807) is 11.8 Å². The topological polar surface area (TPSA) is 29.1 Å². The van der Waals surface area contributed by atoms with Crippen LogP contribution in [-0.4, -0.2) is 29.9 Å². The fraction of sp³-hybridized carbons (Fsp3) is 0.727. The van der Waals surface area contributed by atoms with E-state index in [9.17, 15) is 4.79 Å². The molecule has 2 unspecified atom stereocenters. The fourth-order valence-corrected chi connectivity index (χ4v) is 2.83. The van der Waals surface area contributed by atoms with Gasteiger partial charge in [0.25, 0.3) is 0 Å². The van der Waals surface area contributed by atoms with Crippen LogP contribution in [0.2, 0.25) is 0 Å². The minimum atomic E-state index is 0.331. The average Bonchev–Trinajstić information content (AvgIpc) is 2.47. The molecule has 3 heteroatoms. The monoisotopic (exact) mass is 211 g/mol. The van der Waals surface area contributed by atoms with E-state index >= 15 is 0 Å². The Bertz CT molecular complexity index is 262. The standard InChI is InChI=1S/C11H17NOS/c1-14-7-11(13)9-4-2-3-8-5-6-10(9)12-8/h4,8,10,12H,2-3,5-7H2,1H3. The third kappa shape index (κ3) is 2.04. The van der Waals surface area contributed by atoms with Crippen LogP contribution in [0.4, 0.5) is 0 Å². The fourth-order valence-electron chi connectivity index (χ4n) is 2.40. The van der Waals surface area contributed by atoms with Crippen LogP contribution in [0.3, 0.4) is 0 Å². The summed E-state index contributed by atoms with van der Waals surface area (Å²) in [5.41, 5.74) is 1.05. The quantitative estimate of drug-likeness (QED) is 0.771. The SMILES string of the molecule is CSCC(=O)C1=CCCC2CCC1N2. The summed E-state index contributed by atoms with van der Waals surface area (Å²) in [7, 11) is 0. The first kappa shape index (κ1) is 10.2. The van der Waals surface area contributed by atoms with Crippen molar-refractivity contribution in [1.29, 1.82) is 0 Å². The van der Waals surface area contributed by atoms with Crippen LogP contribution in [0.5, 0.6) is 0 Å². The van der Waals surface area contributed by atoms with Crippen molar-refractivity contribution < 1.29 is 4.79 Å². The van der Waals surface area contributed by atoms with Crippen molar-refractivity contribution in [3.05, 3.63) is 11.6 Å². The van der Waals surface area contributed by atoms with E-state index < -0.39 is 0 Å². The summed E-state index contributed by atoms with van der Waals surface area (Å²) in [4.78, 5) is 11.8. The molecule has 14 heavy (non-hydrogen) atoms. The molecule has 2 bridgehead atoms. The summed E-state index contributed by atoms with van der Waals surface area (Å²) >= 11 is 1.62. The Labute approximate surface area is 89.5 Å². The van der Waals surface area contributed by atoms with E-state index in [4.69, 9.17) is 0 Å². The van der Waals surface area contributed by atoms with E-state index in [0.29, 0.717) is 23.6 Å². The molecule has 0 radical (unpaired) electrons. The van der Waals surface area contributed by atoms with Crippen LogP contribution < -0.4 is 5.32 Å². The predicted molar refractivity (Wildman–Crippen MR) is 60.7 cm³/mol. The Hall–Kier alpha value is -0.280. The van der Waals surface area contributed by atoms with Gasteiger partial charge in [0.2, 0.25) is 0 Å². The van der Waals surface area contributed by atoms with E-state index in [2.05, 4.69) is 11.4 Å². The zero-order chi connectivity index (χ0) is 9.97.